The Kier molecular flexibility index (Phi) is 7.03. The van der Waals surface area contributed by atoms with Crippen molar-refractivity contribution in [2.75, 3.05) is 70.4 Å². The Morgan fingerprint density at radius 2 is 1.57 bits per heavy atom. The molecule has 11 heteroatoms. The number of sulfonamides is 1. The van der Waals surface area contributed by atoms with Gasteiger partial charge < -0.3 is 9.80 Å². The standard InChI is InChI=1S/C19H28N4O4S3/c24-17(21-4-1-2-5-21)15-20-6-8-22(9-7-20)19(25)18-16(3-12-29-18)30(26,27)23-10-13-28-14-11-23/h3,12H,1-2,4-11,13-15H2. The Bertz CT molecular complexity index is 868. The molecule has 166 valence electrons. The molecule has 0 spiro atoms. The van der Waals surface area contributed by atoms with Gasteiger partial charge in [-0.25, -0.2) is 8.42 Å². The largest absolute Gasteiger partial charge is 0.342 e. The lowest BCUT2D eigenvalue weighted by molar-refractivity contribution is -0.131. The van der Waals surface area contributed by atoms with Crippen molar-refractivity contribution in [3.8, 4) is 0 Å². The number of rotatable bonds is 5. The number of hydrogen-bond donors (Lipinski definition) is 0. The minimum atomic E-state index is -3.65. The summed E-state index contributed by atoms with van der Waals surface area (Å²) < 4.78 is 27.6. The van der Waals surface area contributed by atoms with Crippen LogP contribution in [0.5, 0.6) is 0 Å². The van der Waals surface area contributed by atoms with E-state index in [9.17, 15) is 18.0 Å². The molecule has 0 radical (unpaired) electrons. The summed E-state index contributed by atoms with van der Waals surface area (Å²) in [5.74, 6) is 1.51. The van der Waals surface area contributed by atoms with E-state index in [0.717, 1.165) is 37.4 Å². The van der Waals surface area contributed by atoms with Crippen LogP contribution in [0.15, 0.2) is 16.3 Å². The zero-order chi connectivity index (χ0) is 21.1. The normalized spacial score (nSPS) is 21.9. The van der Waals surface area contributed by atoms with Crippen molar-refractivity contribution in [3.05, 3.63) is 16.3 Å². The highest BCUT2D eigenvalue weighted by Crippen LogP contribution is 2.28. The second kappa shape index (κ2) is 9.56. The minimum absolute atomic E-state index is 0.135. The SMILES string of the molecule is O=C(CN1CCN(C(=O)c2sccc2S(=O)(=O)N2CCSCC2)CC1)N1CCCC1. The van der Waals surface area contributed by atoms with E-state index in [1.807, 2.05) is 4.90 Å². The third-order valence-electron chi connectivity index (χ3n) is 5.89. The maximum absolute atomic E-state index is 13.1. The molecule has 4 heterocycles. The number of carbonyl (C=O) groups excluding carboxylic acids is 2. The zero-order valence-corrected chi connectivity index (χ0v) is 19.4. The van der Waals surface area contributed by atoms with E-state index in [-0.39, 0.29) is 16.7 Å². The van der Waals surface area contributed by atoms with Gasteiger partial charge in [0.1, 0.15) is 9.77 Å². The summed E-state index contributed by atoms with van der Waals surface area (Å²) >= 11 is 2.94. The number of thioether (sulfide) groups is 1. The summed E-state index contributed by atoms with van der Waals surface area (Å²) in [6.45, 7) is 5.33. The van der Waals surface area contributed by atoms with Crippen molar-refractivity contribution in [2.45, 2.75) is 17.7 Å². The van der Waals surface area contributed by atoms with Gasteiger partial charge >= 0.3 is 0 Å². The van der Waals surface area contributed by atoms with Crippen LogP contribution in [0, 0.1) is 0 Å². The molecule has 0 atom stereocenters. The van der Waals surface area contributed by atoms with E-state index < -0.39 is 10.0 Å². The summed E-state index contributed by atoms with van der Waals surface area (Å²) in [7, 11) is -3.65. The van der Waals surface area contributed by atoms with Crippen molar-refractivity contribution >= 4 is 44.9 Å². The maximum Gasteiger partial charge on any atom is 0.265 e. The van der Waals surface area contributed by atoms with Crippen LogP contribution < -0.4 is 0 Å². The molecule has 3 aliphatic heterocycles. The molecule has 3 aliphatic rings. The molecule has 4 rings (SSSR count). The molecule has 0 N–H and O–H groups in total. The number of hydrogen-bond acceptors (Lipinski definition) is 7. The van der Waals surface area contributed by atoms with Crippen LogP contribution >= 0.6 is 23.1 Å². The van der Waals surface area contributed by atoms with Crippen LogP contribution in [-0.4, -0.2) is 110 Å². The van der Waals surface area contributed by atoms with E-state index in [4.69, 9.17) is 0 Å². The van der Waals surface area contributed by atoms with Gasteiger partial charge in [-0.1, -0.05) is 0 Å². The van der Waals surface area contributed by atoms with Gasteiger partial charge in [-0.05, 0) is 24.3 Å². The number of nitrogens with zero attached hydrogens (tertiary/aromatic N) is 4. The molecule has 2 amide bonds. The van der Waals surface area contributed by atoms with Crippen LogP contribution in [0.2, 0.25) is 0 Å². The van der Waals surface area contributed by atoms with Crippen LogP contribution in [-0.2, 0) is 14.8 Å². The average Bonchev–Trinajstić information content (AvgIpc) is 3.47. The second-order valence-electron chi connectivity index (χ2n) is 7.79. The molecular formula is C19H28N4O4S3. The summed E-state index contributed by atoms with van der Waals surface area (Å²) in [6.07, 6.45) is 2.16. The molecular weight excluding hydrogens is 444 g/mol. The zero-order valence-electron chi connectivity index (χ0n) is 17.0. The minimum Gasteiger partial charge on any atom is -0.342 e. The topological polar surface area (TPSA) is 81.2 Å². The first-order valence-corrected chi connectivity index (χ1v) is 13.9. The van der Waals surface area contributed by atoms with Gasteiger partial charge in [0.2, 0.25) is 15.9 Å². The van der Waals surface area contributed by atoms with Gasteiger partial charge in [-0.3, -0.25) is 14.5 Å². The van der Waals surface area contributed by atoms with Gasteiger partial charge in [0.15, 0.2) is 0 Å². The highest BCUT2D eigenvalue weighted by molar-refractivity contribution is 7.99. The van der Waals surface area contributed by atoms with Crippen molar-refractivity contribution in [1.29, 1.82) is 0 Å². The number of carbonyl (C=O) groups is 2. The first-order valence-electron chi connectivity index (χ1n) is 10.4. The lowest BCUT2D eigenvalue weighted by Gasteiger charge is -2.35. The second-order valence-corrected chi connectivity index (χ2v) is 11.8. The summed E-state index contributed by atoms with van der Waals surface area (Å²) in [5.41, 5.74) is 0. The molecule has 1 aromatic heterocycles. The van der Waals surface area contributed by atoms with Gasteiger partial charge in [-0.2, -0.15) is 16.1 Å². The quantitative estimate of drug-likeness (QED) is 0.633. The van der Waals surface area contributed by atoms with Crippen molar-refractivity contribution in [2.24, 2.45) is 0 Å². The van der Waals surface area contributed by atoms with Gasteiger partial charge in [0.05, 0.1) is 6.54 Å². The fourth-order valence-electron chi connectivity index (χ4n) is 4.09. The fourth-order valence-corrected chi connectivity index (χ4v) is 8.03. The van der Waals surface area contributed by atoms with Crippen LogP contribution in [0.3, 0.4) is 0 Å². The Morgan fingerprint density at radius 3 is 2.23 bits per heavy atom. The van der Waals surface area contributed by atoms with E-state index in [2.05, 4.69) is 4.90 Å². The van der Waals surface area contributed by atoms with E-state index >= 15 is 0 Å². The Labute approximate surface area is 186 Å². The lowest BCUT2D eigenvalue weighted by atomic mass is 10.3. The van der Waals surface area contributed by atoms with Gasteiger partial charge in [-0.15, -0.1) is 11.3 Å². The van der Waals surface area contributed by atoms with E-state index in [1.54, 1.807) is 28.1 Å². The number of thiophene rings is 1. The first-order chi connectivity index (χ1) is 14.5. The molecule has 0 aliphatic carbocycles. The molecule has 1 aromatic rings. The van der Waals surface area contributed by atoms with Crippen molar-refractivity contribution < 1.29 is 18.0 Å². The Balaban J connectivity index is 1.37. The van der Waals surface area contributed by atoms with Crippen molar-refractivity contribution in [1.82, 2.24) is 19.0 Å². The molecule has 3 fully saturated rings. The predicted octanol–water partition coefficient (Wildman–Crippen LogP) is 0.866. The van der Waals surface area contributed by atoms with E-state index in [0.29, 0.717) is 50.7 Å². The molecule has 0 unspecified atom stereocenters. The molecule has 30 heavy (non-hydrogen) atoms. The number of likely N-dealkylation sites (tertiary alicyclic amines) is 1. The molecule has 0 bridgehead atoms. The Morgan fingerprint density at radius 1 is 0.900 bits per heavy atom. The molecule has 0 aromatic carbocycles. The third-order valence-corrected chi connectivity index (χ3v) is 9.80. The first kappa shape index (κ1) is 22.1. The van der Waals surface area contributed by atoms with Crippen LogP contribution in [0.4, 0.5) is 0 Å². The number of amides is 2. The average molecular weight is 473 g/mol. The third kappa shape index (κ3) is 4.69. The van der Waals surface area contributed by atoms with Crippen LogP contribution in [0.25, 0.3) is 0 Å². The summed E-state index contributed by atoms with van der Waals surface area (Å²) in [6, 6.07) is 1.56. The summed E-state index contributed by atoms with van der Waals surface area (Å²) in [5, 5.41) is 1.68. The number of piperazine rings is 1. The smallest absolute Gasteiger partial charge is 0.265 e. The lowest BCUT2D eigenvalue weighted by Crippen LogP contribution is -2.51. The Hall–Kier alpha value is -1.14. The van der Waals surface area contributed by atoms with Gasteiger partial charge in [0, 0.05) is 63.9 Å². The molecule has 0 saturated carbocycles. The van der Waals surface area contributed by atoms with Crippen molar-refractivity contribution in [3.63, 3.8) is 0 Å². The molecule has 8 nitrogen and oxygen atoms in total. The van der Waals surface area contributed by atoms with Crippen LogP contribution in [0.1, 0.15) is 22.5 Å². The fraction of sp³-hybridized carbons (Fsp3) is 0.684. The van der Waals surface area contributed by atoms with E-state index in [1.165, 1.54) is 15.6 Å². The highest BCUT2D eigenvalue weighted by atomic mass is 32.2. The molecule has 3 saturated heterocycles. The monoisotopic (exact) mass is 472 g/mol. The van der Waals surface area contributed by atoms with Gasteiger partial charge in [0.25, 0.3) is 5.91 Å². The maximum atomic E-state index is 13.1. The summed E-state index contributed by atoms with van der Waals surface area (Å²) in [4.78, 5) is 31.6. The highest BCUT2D eigenvalue weighted by Gasteiger charge is 2.33. The predicted molar refractivity (Wildman–Crippen MR) is 119 cm³/mol.